The van der Waals surface area contributed by atoms with Crippen LogP contribution in [0.25, 0.3) is 0 Å². The second-order valence-corrected chi connectivity index (χ2v) is 3.72. The molecule has 6 nitrogen and oxygen atoms in total. The van der Waals surface area contributed by atoms with Crippen molar-refractivity contribution in [2.24, 2.45) is 0 Å². The average Bonchev–Trinajstić information content (AvgIpc) is 2.46. The first-order valence-electron chi connectivity index (χ1n) is 5.51. The Hall–Kier alpha value is -2.63. The first-order valence-corrected chi connectivity index (χ1v) is 5.51. The summed E-state index contributed by atoms with van der Waals surface area (Å²) in [6.07, 6.45) is 1.37. The molecule has 0 aliphatic rings. The molecule has 1 aromatic carbocycles. The Balaban J connectivity index is 2.40. The molecule has 0 saturated heterocycles. The molecule has 0 saturated carbocycles. The molecule has 1 heterocycles. The number of nitrogens with two attached hydrogens (primary N) is 1. The summed E-state index contributed by atoms with van der Waals surface area (Å²) in [4.78, 5) is 20.3. The minimum Gasteiger partial charge on any atom is -0.480 e. The predicted octanol–water partition coefficient (Wildman–Crippen LogP) is 1.31. The van der Waals surface area contributed by atoms with E-state index in [4.69, 9.17) is 15.2 Å². The minimum atomic E-state index is -0.285. The molecule has 0 fully saturated rings. The van der Waals surface area contributed by atoms with Gasteiger partial charge in [-0.1, -0.05) is 0 Å². The lowest BCUT2D eigenvalue weighted by Crippen LogP contribution is -2.08. The van der Waals surface area contributed by atoms with Crippen LogP contribution in [-0.2, 0) is 0 Å². The van der Waals surface area contributed by atoms with Gasteiger partial charge < -0.3 is 15.2 Å². The molecule has 0 bridgehead atoms. The lowest BCUT2D eigenvalue weighted by molar-refractivity contribution is 0.103. The summed E-state index contributed by atoms with van der Waals surface area (Å²) in [6, 6.07) is 6.55. The summed E-state index contributed by atoms with van der Waals surface area (Å²) in [5, 5.41) is 0. The van der Waals surface area contributed by atoms with Gasteiger partial charge in [0.25, 0.3) is 0 Å². The molecule has 98 valence electrons. The Morgan fingerprint density at radius 3 is 2.42 bits per heavy atom. The zero-order chi connectivity index (χ0) is 13.8. The van der Waals surface area contributed by atoms with Crippen molar-refractivity contribution in [1.29, 1.82) is 0 Å². The van der Waals surface area contributed by atoms with Crippen LogP contribution in [0.1, 0.15) is 16.1 Å². The van der Waals surface area contributed by atoms with E-state index in [0.29, 0.717) is 11.3 Å². The SMILES string of the molecule is COc1cnc(C(=O)c2ccc(N)cc2)c(OC)n1. The Kier molecular flexibility index (Phi) is 3.61. The quantitative estimate of drug-likeness (QED) is 0.658. The zero-order valence-electron chi connectivity index (χ0n) is 10.6. The van der Waals surface area contributed by atoms with Crippen molar-refractivity contribution in [3.8, 4) is 11.8 Å². The molecular formula is C13H13N3O3. The number of carbonyl (C=O) groups excluding carboxylic acids is 1. The van der Waals surface area contributed by atoms with E-state index in [1.54, 1.807) is 24.3 Å². The monoisotopic (exact) mass is 259 g/mol. The number of carbonyl (C=O) groups is 1. The molecule has 2 N–H and O–H groups in total. The van der Waals surface area contributed by atoms with Gasteiger partial charge in [0.1, 0.15) is 0 Å². The van der Waals surface area contributed by atoms with Crippen LogP contribution in [0.3, 0.4) is 0 Å². The summed E-state index contributed by atoms with van der Waals surface area (Å²) >= 11 is 0. The van der Waals surface area contributed by atoms with Crippen LogP contribution in [0, 0.1) is 0 Å². The van der Waals surface area contributed by atoms with E-state index in [1.165, 1.54) is 20.4 Å². The topological polar surface area (TPSA) is 87.3 Å². The van der Waals surface area contributed by atoms with Crippen LogP contribution in [0.5, 0.6) is 11.8 Å². The second kappa shape index (κ2) is 5.34. The van der Waals surface area contributed by atoms with Crippen LogP contribution in [0.15, 0.2) is 30.5 Å². The van der Waals surface area contributed by atoms with Gasteiger partial charge in [0.2, 0.25) is 17.5 Å². The molecule has 2 rings (SSSR count). The highest BCUT2D eigenvalue weighted by atomic mass is 16.5. The van der Waals surface area contributed by atoms with Crippen LogP contribution in [0.2, 0.25) is 0 Å². The maximum atomic E-state index is 12.3. The number of ether oxygens (including phenoxy) is 2. The van der Waals surface area contributed by atoms with Gasteiger partial charge in [-0.05, 0) is 24.3 Å². The van der Waals surface area contributed by atoms with E-state index in [2.05, 4.69) is 9.97 Å². The maximum Gasteiger partial charge on any atom is 0.247 e. The summed E-state index contributed by atoms with van der Waals surface area (Å²) in [5.74, 6) is 0.124. The van der Waals surface area contributed by atoms with Crippen LogP contribution >= 0.6 is 0 Å². The molecule has 0 aliphatic carbocycles. The van der Waals surface area contributed by atoms with E-state index >= 15 is 0 Å². The molecule has 6 heteroatoms. The van der Waals surface area contributed by atoms with Gasteiger partial charge in [-0.3, -0.25) is 4.79 Å². The third-order valence-corrected chi connectivity index (χ3v) is 2.51. The van der Waals surface area contributed by atoms with E-state index in [1.807, 2.05) is 0 Å². The Morgan fingerprint density at radius 1 is 1.16 bits per heavy atom. The highest BCUT2D eigenvalue weighted by molar-refractivity contribution is 6.09. The Bertz CT molecular complexity index is 597. The molecule has 19 heavy (non-hydrogen) atoms. The summed E-state index contributed by atoms with van der Waals surface area (Å²) in [7, 11) is 2.88. The van der Waals surface area contributed by atoms with Gasteiger partial charge >= 0.3 is 0 Å². The van der Waals surface area contributed by atoms with Gasteiger partial charge in [0.15, 0.2) is 5.69 Å². The number of methoxy groups -OCH3 is 2. The molecule has 0 spiro atoms. The minimum absolute atomic E-state index is 0.126. The van der Waals surface area contributed by atoms with Crippen molar-refractivity contribution in [2.45, 2.75) is 0 Å². The van der Waals surface area contributed by atoms with Gasteiger partial charge in [-0.2, -0.15) is 4.98 Å². The maximum absolute atomic E-state index is 12.3. The van der Waals surface area contributed by atoms with Crippen LogP contribution < -0.4 is 15.2 Å². The fraction of sp³-hybridized carbons (Fsp3) is 0.154. The van der Waals surface area contributed by atoms with E-state index in [-0.39, 0.29) is 23.2 Å². The third-order valence-electron chi connectivity index (χ3n) is 2.51. The van der Waals surface area contributed by atoms with Crippen molar-refractivity contribution >= 4 is 11.5 Å². The fourth-order valence-electron chi connectivity index (χ4n) is 1.52. The van der Waals surface area contributed by atoms with Gasteiger partial charge in [-0.25, -0.2) is 4.98 Å². The highest BCUT2D eigenvalue weighted by Crippen LogP contribution is 2.20. The summed E-state index contributed by atoms with van der Waals surface area (Å²) < 4.78 is 9.99. The largest absolute Gasteiger partial charge is 0.480 e. The number of ketones is 1. The van der Waals surface area contributed by atoms with E-state index < -0.39 is 0 Å². The number of rotatable bonds is 4. The molecule has 2 aromatic rings. The smallest absolute Gasteiger partial charge is 0.247 e. The molecule has 0 amide bonds. The average molecular weight is 259 g/mol. The molecule has 1 aromatic heterocycles. The summed E-state index contributed by atoms with van der Waals surface area (Å²) in [5.41, 5.74) is 6.76. The van der Waals surface area contributed by atoms with E-state index in [9.17, 15) is 4.79 Å². The van der Waals surface area contributed by atoms with Gasteiger partial charge in [0.05, 0.1) is 20.4 Å². The number of nitrogen functional groups attached to an aromatic ring is 1. The van der Waals surface area contributed by atoms with Crippen LogP contribution in [-0.4, -0.2) is 30.0 Å². The van der Waals surface area contributed by atoms with E-state index in [0.717, 1.165) is 0 Å². The summed E-state index contributed by atoms with van der Waals surface area (Å²) in [6.45, 7) is 0. The first-order chi connectivity index (χ1) is 9.15. The number of aromatic nitrogens is 2. The lowest BCUT2D eigenvalue weighted by atomic mass is 10.1. The highest BCUT2D eigenvalue weighted by Gasteiger charge is 2.18. The van der Waals surface area contributed by atoms with Crippen molar-refractivity contribution in [2.75, 3.05) is 20.0 Å². The fourth-order valence-corrected chi connectivity index (χ4v) is 1.52. The Morgan fingerprint density at radius 2 is 1.84 bits per heavy atom. The first kappa shape index (κ1) is 12.8. The lowest BCUT2D eigenvalue weighted by Gasteiger charge is -2.07. The molecule has 0 aliphatic heterocycles. The number of hydrogen-bond donors (Lipinski definition) is 1. The predicted molar refractivity (Wildman–Crippen MR) is 69.4 cm³/mol. The van der Waals surface area contributed by atoms with Crippen molar-refractivity contribution in [1.82, 2.24) is 9.97 Å². The number of hydrogen-bond acceptors (Lipinski definition) is 6. The number of anilines is 1. The number of nitrogens with zero attached hydrogens (tertiary/aromatic N) is 2. The van der Waals surface area contributed by atoms with Gasteiger partial charge in [0, 0.05) is 11.3 Å². The molecule has 0 unspecified atom stereocenters. The number of benzene rings is 1. The second-order valence-electron chi connectivity index (χ2n) is 3.72. The Labute approximate surface area is 110 Å². The van der Waals surface area contributed by atoms with Crippen molar-refractivity contribution in [3.05, 3.63) is 41.7 Å². The molecule has 0 radical (unpaired) electrons. The molecule has 0 atom stereocenters. The van der Waals surface area contributed by atoms with Crippen LogP contribution in [0.4, 0.5) is 5.69 Å². The van der Waals surface area contributed by atoms with Gasteiger partial charge in [-0.15, -0.1) is 0 Å². The van der Waals surface area contributed by atoms with Crippen molar-refractivity contribution in [3.63, 3.8) is 0 Å². The zero-order valence-corrected chi connectivity index (χ0v) is 10.6. The van der Waals surface area contributed by atoms with Crippen molar-refractivity contribution < 1.29 is 14.3 Å². The standard InChI is InChI=1S/C13H13N3O3/c1-18-10-7-15-11(13(16-10)19-2)12(17)8-3-5-9(14)6-4-8/h3-7H,14H2,1-2H3. The normalized spacial score (nSPS) is 10.0. The third kappa shape index (κ3) is 2.62. The molecular weight excluding hydrogens is 246 g/mol.